The van der Waals surface area contributed by atoms with Crippen LogP contribution in [0.2, 0.25) is 0 Å². The second-order valence-corrected chi connectivity index (χ2v) is 8.06. The third kappa shape index (κ3) is 2.23. The molecule has 30 heavy (non-hydrogen) atoms. The first-order valence-electron chi connectivity index (χ1n) is 10.3. The van der Waals surface area contributed by atoms with Gasteiger partial charge in [-0.2, -0.15) is 0 Å². The van der Waals surface area contributed by atoms with Crippen LogP contribution in [-0.2, 0) is 34.2 Å². The average molecular weight is 396 g/mol. The maximum absolute atomic E-state index is 13.0. The van der Waals surface area contributed by atoms with Crippen LogP contribution in [0.25, 0.3) is 27.6 Å². The van der Waals surface area contributed by atoms with E-state index in [2.05, 4.69) is 4.40 Å². The number of ether oxygens (including phenoxy) is 1. The Morgan fingerprint density at radius 1 is 0.867 bits per heavy atom. The lowest BCUT2D eigenvalue weighted by molar-refractivity contribution is -0.149. The first kappa shape index (κ1) is 17.3. The molecule has 1 aliphatic carbocycles. The Labute approximate surface area is 173 Å². The summed E-state index contributed by atoms with van der Waals surface area (Å²) in [7, 11) is 1.95. The number of nitrogens with zero attached hydrogens (tertiary/aromatic N) is 2. The molecule has 6 rings (SSSR count). The topological polar surface area (TPSA) is 52.7 Å². The molecule has 4 aromatic rings. The summed E-state index contributed by atoms with van der Waals surface area (Å²) in [6, 6.07) is 13.9. The van der Waals surface area contributed by atoms with Crippen LogP contribution in [-0.4, -0.2) is 20.9 Å². The van der Waals surface area contributed by atoms with Crippen LogP contribution in [0.4, 0.5) is 0 Å². The quantitative estimate of drug-likeness (QED) is 0.375. The van der Waals surface area contributed by atoms with Crippen molar-refractivity contribution < 1.29 is 14.3 Å². The van der Waals surface area contributed by atoms with Crippen molar-refractivity contribution in [2.75, 3.05) is 0 Å². The lowest BCUT2D eigenvalue weighted by Gasteiger charge is -2.13. The van der Waals surface area contributed by atoms with Gasteiger partial charge in [-0.15, -0.1) is 0 Å². The van der Waals surface area contributed by atoms with E-state index in [9.17, 15) is 9.59 Å². The van der Waals surface area contributed by atoms with Crippen molar-refractivity contribution in [1.82, 2.24) is 8.97 Å². The number of carbonyl (C=O) groups excluding carboxylic acids is 2. The SMILES string of the molecule is Cn1cc(C2=C(c3c4c(n5ccccc35)CCCC4)C(=O)OC2=O)c2ccccc21. The minimum Gasteiger partial charge on any atom is -0.386 e. The molecule has 0 amide bonds. The number of pyridine rings is 1. The first-order chi connectivity index (χ1) is 14.6. The Balaban J connectivity index is 1.74. The van der Waals surface area contributed by atoms with Gasteiger partial charge in [0.1, 0.15) is 0 Å². The van der Waals surface area contributed by atoms with Crippen LogP contribution in [0.5, 0.6) is 0 Å². The minimum atomic E-state index is -0.564. The van der Waals surface area contributed by atoms with E-state index >= 15 is 0 Å². The minimum absolute atomic E-state index is 0.376. The van der Waals surface area contributed by atoms with Gasteiger partial charge in [-0.3, -0.25) is 0 Å². The molecule has 4 heterocycles. The second kappa shape index (κ2) is 6.20. The summed E-state index contributed by atoms with van der Waals surface area (Å²) >= 11 is 0. The highest BCUT2D eigenvalue weighted by Gasteiger charge is 2.39. The highest BCUT2D eigenvalue weighted by Crippen LogP contribution is 2.43. The van der Waals surface area contributed by atoms with Gasteiger partial charge >= 0.3 is 11.9 Å². The molecule has 0 fully saturated rings. The molecular weight excluding hydrogens is 376 g/mol. The maximum atomic E-state index is 13.0. The molecule has 0 saturated carbocycles. The number of fused-ring (bicyclic) bond motifs is 4. The largest absolute Gasteiger partial charge is 0.386 e. The highest BCUT2D eigenvalue weighted by molar-refractivity contribution is 6.46. The smallest absolute Gasteiger partial charge is 0.347 e. The first-order valence-corrected chi connectivity index (χ1v) is 10.3. The molecule has 0 saturated heterocycles. The second-order valence-electron chi connectivity index (χ2n) is 8.06. The van der Waals surface area contributed by atoms with E-state index in [1.165, 1.54) is 11.3 Å². The average Bonchev–Trinajstić information content (AvgIpc) is 3.37. The van der Waals surface area contributed by atoms with E-state index in [0.29, 0.717) is 11.1 Å². The van der Waals surface area contributed by atoms with Crippen molar-refractivity contribution >= 4 is 39.5 Å². The fourth-order valence-corrected chi connectivity index (χ4v) is 5.14. The fraction of sp³-hybridized carbons (Fsp3) is 0.200. The van der Waals surface area contributed by atoms with Gasteiger partial charge in [0.15, 0.2) is 0 Å². The standard InChI is InChI=1S/C25H20N2O3/c1-26-14-17(15-8-2-4-10-18(15)26)22-23(25(29)30-24(22)28)21-16-9-3-5-11-19(16)27-13-7-6-12-20(21)27/h2,4,6-8,10,12-14H,3,5,9,11H2,1H3. The number of hydrogen-bond acceptors (Lipinski definition) is 3. The van der Waals surface area contributed by atoms with Crippen LogP contribution < -0.4 is 0 Å². The zero-order valence-electron chi connectivity index (χ0n) is 16.6. The summed E-state index contributed by atoms with van der Waals surface area (Å²) in [5.41, 5.74) is 6.78. The van der Waals surface area contributed by atoms with Crippen molar-refractivity contribution in [3.05, 3.63) is 77.2 Å². The Bertz CT molecular complexity index is 1420. The van der Waals surface area contributed by atoms with Gasteiger partial charge in [0.05, 0.1) is 16.7 Å². The van der Waals surface area contributed by atoms with Gasteiger partial charge < -0.3 is 13.7 Å². The van der Waals surface area contributed by atoms with Crippen LogP contribution in [0.15, 0.2) is 54.9 Å². The van der Waals surface area contributed by atoms with Crippen molar-refractivity contribution in [2.24, 2.45) is 7.05 Å². The molecule has 0 N–H and O–H groups in total. The van der Waals surface area contributed by atoms with E-state index in [1.807, 2.05) is 66.5 Å². The number of benzene rings is 1. The van der Waals surface area contributed by atoms with Crippen LogP contribution in [0.1, 0.15) is 35.2 Å². The lowest BCUT2D eigenvalue weighted by Crippen LogP contribution is -2.06. The normalized spacial score (nSPS) is 16.6. The molecule has 5 nitrogen and oxygen atoms in total. The number of rotatable bonds is 2. The van der Waals surface area contributed by atoms with E-state index in [4.69, 9.17) is 4.74 Å². The van der Waals surface area contributed by atoms with E-state index in [-0.39, 0.29) is 0 Å². The molecule has 0 radical (unpaired) electrons. The third-order valence-electron chi connectivity index (χ3n) is 6.41. The summed E-state index contributed by atoms with van der Waals surface area (Å²) in [6.45, 7) is 0. The molecule has 0 bridgehead atoms. The zero-order valence-corrected chi connectivity index (χ0v) is 16.6. The van der Waals surface area contributed by atoms with Gasteiger partial charge in [-0.05, 0) is 49.4 Å². The Morgan fingerprint density at radius 2 is 1.60 bits per heavy atom. The Morgan fingerprint density at radius 3 is 2.50 bits per heavy atom. The van der Waals surface area contributed by atoms with E-state index < -0.39 is 11.9 Å². The predicted octanol–water partition coefficient (Wildman–Crippen LogP) is 4.30. The van der Waals surface area contributed by atoms with Gasteiger partial charge in [0, 0.05) is 47.2 Å². The molecule has 1 aliphatic heterocycles. The maximum Gasteiger partial charge on any atom is 0.347 e. The van der Waals surface area contributed by atoms with Crippen molar-refractivity contribution in [3.8, 4) is 0 Å². The molecule has 0 unspecified atom stereocenters. The Hall–Kier alpha value is -3.60. The van der Waals surface area contributed by atoms with E-state index in [1.54, 1.807) is 0 Å². The molecule has 0 atom stereocenters. The number of cyclic esters (lactones) is 2. The monoisotopic (exact) mass is 396 g/mol. The third-order valence-corrected chi connectivity index (χ3v) is 6.41. The van der Waals surface area contributed by atoms with Gasteiger partial charge in [0.25, 0.3) is 0 Å². The summed E-state index contributed by atoms with van der Waals surface area (Å²) in [5, 5.41) is 0.941. The highest BCUT2D eigenvalue weighted by atomic mass is 16.6. The molecule has 2 aliphatic rings. The van der Waals surface area contributed by atoms with Crippen LogP contribution in [0, 0.1) is 0 Å². The van der Waals surface area contributed by atoms with Gasteiger partial charge in [-0.25, -0.2) is 9.59 Å². The van der Waals surface area contributed by atoms with Gasteiger partial charge in [0.2, 0.25) is 0 Å². The Kier molecular flexibility index (Phi) is 3.57. The molecule has 0 spiro atoms. The van der Waals surface area contributed by atoms with Crippen molar-refractivity contribution in [2.45, 2.75) is 25.7 Å². The number of aryl methyl sites for hydroxylation is 2. The van der Waals surface area contributed by atoms with Crippen LogP contribution in [0.3, 0.4) is 0 Å². The number of hydrogen-bond donors (Lipinski definition) is 0. The summed E-state index contributed by atoms with van der Waals surface area (Å²) in [6.07, 6.45) is 8.05. The van der Waals surface area contributed by atoms with E-state index in [0.717, 1.165) is 53.2 Å². The molecule has 3 aromatic heterocycles. The molecule has 148 valence electrons. The zero-order chi connectivity index (χ0) is 20.4. The number of esters is 2. The fourth-order valence-electron chi connectivity index (χ4n) is 5.14. The predicted molar refractivity (Wildman–Crippen MR) is 115 cm³/mol. The summed E-state index contributed by atoms with van der Waals surface area (Å²) in [5.74, 6) is -1.11. The van der Waals surface area contributed by atoms with Crippen molar-refractivity contribution in [1.29, 1.82) is 0 Å². The summed E-state index contributed by atoms with van der Waals surface area (Å²) < 4.78 is 9.35. The molecular formula is C25H20N2O3. The molecule has 1 aromatic carbocycles. The number of aromatic nitrogens is 2. The number of carbonyl (C=O) groups is 2. The number of para-hydroxylation sites is 1. The van der Waals surface area contributed by atoms with Crippen LogP contribution >= 0.6 is 0 Å². The summed E-state index contributed by atoms with van der Waals surface area (Å²) in [4.78, 5) is 26.0. The van der Waals surface area contributed by atoms with Gasteiger partial charge in [-0.1, -0.05) is 24.3 Å². The lowest BCUT2D eigenvalue weighted by atomic mass is 9.89. The molecule has 5 heteroatoms. The van der Waals surface area contributed by atoms with Crippen molar-refractivity contribution in [3.63, 3.8) is 0 Å².